The second kappa shape index (κ2) is 7.76. The molecule has 0 heterocycles. The molecule has 2 aromatic rings. The fourth-order valence-corrected chi connectivity index (χ4v) is 3.11. The van der Waals surface area contributed by atoms with Crippen LogP contribution in [0, 0.1) is 0 Å². The number of nitrogens with one attached hydrogen (secondary N) is 2. The van der Waals surface area contributed by atoms with Crippen molar-refractivity contribution in [2.75, 3.05) is 18.1 Å². The molecule has 6 nitrogen and oxygen atoms in total. The first-order valence-electron chi connectivity index (χ1n) is 7.42. The molecule has 0 radical (unpaired) electrons. The van der Waals surface area contributed by atoms with Crippen LogP contribution in [-0.4, -0.2) is 27.7 Å². The number of methoxy groups -OCH3 is 1. The van der Waals surface area contributed by atoms with Crippen LogP contribution in [0.1, 0.15) is 28.9 Å². The van der Waals surface area contributed by atoms with E-state index in [0.29, 0.717) is 5.75 Å². The van der Waals surface area contributed by atoms with Crippen LogP contribution < -0.4 is 14.8 Å². The van der Waals surface area contributed by atoms with Crippen molar-refractivity contribution in [3.63, 3.8) is 0 Å². The van der Waals surface area contributed by atoms with Gasteiger partial charge in [0.15, 0.2) is 0 Å². The molecule has 8 heteroatoms. The summed E-state index contributed by atoms with van der Waals surface area (Å²) in [6.45, 7) is 1.82. The predicted molar refractivity (Wildman–Crippen MR) is 98.8 cm³/mol. The zero-order valence-electron chi connectivity index (χ0n) is 14.0. The summed E-state index contributed by atoms with van der Waals surface area (Å²) in [6, 6.07) is 11.4. The highest BCUT2D eigenvalue weighted by Crippen LogP contribution is 2.26. The Kier molecular flexibility index (Phi) is 5.92. The Hall–Kier alpha value is -2.25. The first-order valence-corrected chi connectivity index (χ1v) is 9.69. The average Bonchev–Trinajstić information content (AvgIpc) is 2.55. The van der Waals surface area contributed by atoms with Crippen molar-refractivity contribution < 1.29 is 17.9 Å². The molecular weight excluding hydrogens is 364 g/mol. The molecule has 0 unspecified atom stereocenters. The molecule has 0 aliphatic heterocycles. The number of para-hydroxylation sites is 1. The first kappa shape index (κ1) is 19.1. The summed E-state index contributed by atoms with van der Waals surface area (Å²) in [7, 11) is -1.89. The van der Waals surface area contributed by atoms with Gasteiger partial charge >= 0.3 is 0 Å². The van der Waals surface area contributed by atoms with Gasteiger partial charge in [0.25, 0.3) is 5.91 Å². The van der Waals surface area contributed by atoms with Crippen LogP contribution in [0.2, 0.25) is 5.02 Å². The van der Waals surface area contributed by atoms with Gasteiger partial charge in [0, 0.05) is 11.3 Å². The van der Waals surface area contributed by atoms with E-state index >= 15 is 0 Å². The van der Waals surface area contributed by atoms with Gasteiger partial charge in [0.1, 0.15) is 5.75 Å². The van der Waals surface area contributed by atoms with Gasteiger partial charge in [-0.1, -0.05) is 29.8 Å². The van der Waals surface area contributed by atoms with E-state index < -0.39 is 15.9 Å². The number of halogens is 1. The van der Waals surface area contributed by atoms with Crippen LogP contribution in [0.15, 0.2) is 42.5 Å². The maximum atomic E-state index is 12.6. The van der Waals surface area contributed by atoms with Crippen molar-refractivity contribution in [2.24, 2.45) is 0 Å². The molecule has 0 aromatic heterocycles. The van der Waals surface area contributed by atoms with Crippen molar-refractivity contribution in [1.29, 1.82) is 0 Å². The van der Waals surface area contributed by atoms with E-state index in [-0.39, 0.29) is 22.3 Å². The van der Waals surface area contributed by atoms with Crippen molar-refractivity contribution in [2.45, 2.75) is 13.0 Å². The van der Waals surface area contributed by atoms with Gasteiger partial charge < -0.3 is 10.1 Å². The van der Waals surface area contributed by atoms with E-state index in [0.717, 1.165) is 11.8 Å². The number of ether oxygens (including phenoxy) is 1. The minimum atomic E-state index is -3.45. The number of amides is 1. The van der Waals surface area contributed by atoms with E-state index in [4.69, 9.17) is 16.3 Å². The van der Waals surface area contributed by atoms with E-state index in [1.165, 1.54) is 18.2 Å². The van der Waals surface area contributed by atoms with Gasteiger partial charge in [-0.3, -0.25) is 9.52 Å². The summed E-state index contributed by atoms with van der Waals surface area (Å²) in [4.78, 5) is 12.6. The maximum absolute atomic E-state index is 12.6. The fraction of sp³-hybridized carbons (Fsp3) is 0.235. The highest BCUT2D eigenvalue weighted by Gasteiger charge is 2.17. The summed E-state index contributed by atoms with van der Waals surface area (Å²) in [5.41, 5.74) is 1.26. The smallest absolute Gasteiger partial charge is 0.253 e. The molecular formula is C17H19ClN2O4S. The number of benzene rings is 2. The Bertz CT molecular complexity index is 884. The SMILES string of the molecule is COc1ccccc1[C@H](C)NC(=O)c1cc(NS(C)(=O)=O)ccc1Cl. The fourth-order valence-electron chi connectivity index (χ4n) is 2.35. The molecule has 0 spiro atoms. The molecule has 0 aliphatic rings. The summed E-state index contributed by atoms with van der Waals surface area (Å²) < 4.78 is 30.3. The molecule has 25 heavy (non-hydrogen) atoms. The minimum Gasteiger partial charge on any atom is -0.496 e. The summed E-state index contributed by atoms with van der Waals surface area (Å²) in [5, 5.41) is 3.06. The van der Waals surface area contributed by atoms with Gasteiger partial charge in [0.05, 0.1) is 30.0 Å². The lowest BCUT2D eigenvalue weighted by Crippen LogP contribution is -2.27. The minimum absolute atomic E-state index is 0.178. The molecule has 0 saturated carbocycles. The maximum Gasteiger partial charge on any atom is 0.253 e. The molecule has 0 saturated heterocycles. The van der Waals surface area contributed by atoms with Gasteiger partial charge in [-0.2, -0.15) is 0 Å². The zero-order chi connectivity index (χ0) is 18.6. The number of rotatable bonds is 6. The van der Waals surface area contributed by atoms with E-state index in [1.54, 1.807) is 7.11 Å². The van der Waals surface area contributed by atoms with Crippen LogP contribution >= 0.6 is 11.6 Å². The van der Waals surface area contributed by atoms with Gasteiger partial charge in [-0.25, -0.2) is 8.42 Å². The monoisotopic (exact) mass is 382 g/mol. The third kappa shape index (κ3) is 5.11. The Morgan fingerprint density at radius 1 is 1.20 bits per heavy atom. The second-order valence-corrected chi connectivity index (χ2v) is 7.66. The molecule has 2 aromatic carbocycles. The van der Waals surface area contributed by atoms with Crippen molar-refractivity contribution in [3.05, 3.63) is 58.6 Å². The lowest BCUT2D eigenvalue weighted by atomic mass is 10.1. The standard InChI is InChI=1S/C17H19ClN2O4S/c1-11(13-6-4-5-7-16(13)24-2)19-17(21)14-10-12(8-9-15(14)18)20-25(3,22)23/h4-11,20H,1-3H3,(H,19,21)/t11-/m0/s1. The molecule has 2 rings (SSSR count). The van der Waals surface area contributed by atoms with E-state index in [9.17, 15) is 13.2 Å². The second-order valence-electron chi connectivity index (χ2n) is 5.51. The third-order valence-corrected chi connectivity index (χ3v) is 4.40. The summed E-state index contributed by atoms with van der Waals surface area (Å²) in [5.74, 6) is 0.245. The topological polar surface area (TPSA) is 84.5 Å². The van der Waals surface area contributed by atoms with Gasteiger partial charge in [-0.15, -0.1) is 0 Å². The van der Waals surface area contributed by atoms with Crippen LogP contribution in [0.4, 0.5) is 5.69 Å². The predicted octanol–water partition coefficient (Wildman–Crippen LogP) is 3.21. The van der Waals surface area contributed by atoms with Crippen LogP contribution in [-0.2, 0) is 10.0 Å². The Morgan fingerprint density at radius 2 is 1.88 bits per heavy atom. The van der Waals surface area contributed by atoms with Crippen molar-refractivity contribution in [1.82, 2.24) is 5.32 Å². The summed E-state index contributed by atoms with van der Waals surface area (Å²) in [6.07, 6.45) is 1.03. The van der Waals surface area contributed by atoms with Gasteiger partial charge in [0.2, 0.25) is 10.0 Å². The number of carbonyl (C=O) groups excluding carboxylic acids is 1. The van der Waals surface area contributed by atoms with E-state index in [2.05, 4.69) is 10.0 Å². The normalized spacial score (nSPS) is 12.3. The number of hydrogen-bond donors (Lipinski definition) is 2. The van der Waals surface area contributed by atoms with Crippen molar-refractivity contribution in [3.8, 4) is 5.75 Å². The molecule has 0 fully saturated rings. The number of sulfonamides is 1. The number of carbonyl (C=O) groups is 1. The highest BCUT2D eigenvalue weighted by molar-refractivity contribution is 7.92. The third-order valence-electron chi connectivity index (χ3n) is 3.47. The molecule has 1 atom stereocenters. The number of hydrogen-bond acceptors (Lipinski definition) is 4. The lowest BCUT2D eigenvalue weighted by molar-refractivity contribution is 0.0939. The quantitative estimate of drug-likeness (QED) is 0.803. The van der Waals surface area contributed by atoms with E-state index in [1.807, 2.05) is 31.2 Å². The number of anilines is 1. The summed E-state index contributed by atoms with van der Waals surface area (Å²) >= 11 is 6.09. The van der Waals surface area contributed by atoms with Crippen LogP contribution in [0.25, 0.3) is 0 Å². The van der Waals surface area contributed by atoms with Gasteiger partial charge in [-0.05, 0) is 31.2 Å². The Labute approximate surface area is 152 Å². The molecule has 0 aliphatic carbocycles. The largest absolute Gasteiger partial charge is 0.496 e. The molecule has 2 N–H and O–H groups in total. The van der Waals surface area contributed by atoms with Crippen LogP contribution in [0.5, 0.6) is 5.75 Å². The van der Waals surface area contributed by atoms with Crippen LogP contribution in [0.3, 0.4) is 0 Å². The molecule has 0 bridgehead atoms. The lowest BCUT2D eigenvalue weighted by Gasteiger charge is -2.18. The Morgan fingerprint density at radius 3 is 2.52 bits per heavy atom. The highest BCUT2D eigenvalue weighted by atomic mass is 35.5. The average molecular weight is 383 g/mol. The zero-order valence-corrected chi connectivity index (χ0v) is 15.6. The Balaban J connectivity index is 2.24. The molecule has 134 valence electrons. The van der Waals surface area contributed by atoms with Crippen molar-refractivity contribution >= 4 is 33.2 Å². The molecule has 1 amide bonds. The first-order chi connectivity index (χ1) is 11.7.